The zero-order chi connectivity index (χ0) is 21.7. The molecule has 31 heavy (non-hydrogen) atoms. The highest BCUT2D eigenvalue weighted by atomic mass is 32.2. The fourth-order valence-electron chi connectivity index (χ4n) is 4.53. The van der Waals surface area contributed by atoms with E-state index in [2.05, 4.69) is 0 Å². The molecule has 1 amide bonds. The number of rotatable bonds is 6. The van der Waals surface area contributed by atoms with Crippen LogP contribution in [0.4, 0.5) is 0 Å². The van der Waals surface area contributed by atoms with Gasteiger partial charge in [-0.25, -0.2) is 0 Å². The summed E-state index contributed by atoms with van der Waals surface area (Å²) in [6.45, 7) is 3.04. The van der Waals surface area contributed by atoms with Gasteiger partial charge in [-0.2, -0.15) is 17.0 Å². The Kier molecular flexibility index (Phi) is 7.09. The van der Waals surface area contributed by atoms with E-state index in [9.17, 15) is 13.2 Å². The third-order valence-electron chi connectivity index (χ3n) is 6.28. The van der Waals surface area contributed by atoms with Gasteiger partial charge in [-0.1, -0.05) is 36.8 Å². The molecule has 7 nitrogen and oxygen atoms in total. The Morgan fingerprint density at radius 3 is 2.13 bits per heavy atom. The molecule has 1 atom stereocenters. The molecule has 0 radical (unpaired) electrons. The molecule has 4 rings (SSSR count). The summed E-state index contributed by atoms with van der Waals surface area (Å²) < 4.78 is 31.3. The maximum absolute atomic E-state index is 13.5. The van der Waals surface area contributed by atoms with Gasteiger partial charge in [-0.05, 0) is 37.0 Å². The Balaban J connectivity index is 1.46. The average molecular weight is 445 g/mol. The zero-order valence-electron chi connectivity index (χ0n) is 18.0. The monoisotopic (exact) mass is 444 g/mol. The Morgan fingerprint density at radius 2 is 1.42 bits per heavy atom. The Morgan fingerprint density at radius 1 is 0.774 bits per heavy atom. The van der Waals surface area contributed by atoms with Crippen molar-refractivity contribution in [2.45, 2.75) is 38.1 Å². The smallest absolute Gasteiger partial charge is 0.282 e. The number of hydrogen-bond donors (Lipinski definition) is 0. The van der Waals surface area contributed by atoms with Gasteiger partial charge >= 0.3 is 0 Å². The minimum Gasteiger partial charge on any atom is -0.342 e. The van der Waals surface area contributed by atoms with Crippen LogP contribution in [-0.2, 0) is 21.4 Å². The van der Waals surface area contributed by atoms with Crippen LogP contribution in [0.25, 0.3) is 0 Å². The van der Waals surface area contributed by atoms with E-state index in [0.717, 1.165) is 24.8 Å². The second kappa shape index (κ2) is 9.97. The van der Waals surface area contributed by atoms with Gasteiger partial charge in [0, 0.05) is 58.1 Å². The van der Waals surface area contributed by atoms with Crippen LogP contribution >= 0.6 is 0 Å². The number of carbonyl (C=O) groups excluding carboxylic acids is 1. The molecule has 2 aliphatic rings. The number of piperidine rings is 1. The molecular formula is C23H32N4O3S. The fourth-order valence-corrected chi connectivity index (χ4v) is 6.25. The van der Waals surface area contributed by atoms with E-state index in [-0.39, 0.29) is 11.9 Å². The molecule has 0 spiro atoms. The van der Waals surface area contributed by atoms with E-state index in [0.29, 0.717) is 52.1 Å². The molecule has 2 aromatic rings. The van der Waals surface area contributed by atoms with E-state index in [4.69, 9.17) is 0 Å². The lowest BCUT2D eigenvalue weighted by molar-refractivity contribution is -0.134. The summed E-state index contributed by atoms with van der Waals surface area (Å²) in [6, 6.07) is 13.6. The number of amides is 1. The molecule has 8 heteroatoms. The van der Waals surface area contributed by atoms with Crippen LogP contribution in [0.15, 0.2) is 54.9 Å². The van der Waals surface area contributed by atoms with Crippen molar-refractivity contribution in [3.63, 3.8) is 0 Å². The molecule has 0 bridgehead atoms. The molecule has 0 N–H and O–H groups in total. The summed E-state index contributed by atoms with van der Waals surface area (Å²) in [5.41, 5.74) is 1.11. The number of benzene rings is 1. The van der Waals surface area contributed by atoms with Gasteiger partial charge in [-0.3, -0.25) is 4.79 Å². The predicted octanol–water partition coefficient (Wildman–Crippen LogP) is 2.54. The van der Waals surface area contributed by atoms with Crippen LogP contribution in [-0.4, -0.2) is 71.7 Å². The third-order valence-corrected chi connectivity index (χ3v) is 8.31. The van der Waals surface area contributed by atoms with Crippen molar-refractivity contribution in [3.05, 3.63) is 60.4 Å². The normalized spacial score (nSPS) is 20.3. The summed E-state index contributed by atoms with van der Waals surface area (Å²) >= 11 is 0. The highest BCUT2D eigenvalue weighted by Crippen LogP contribution is 2.21. The third kappa shape index (κ3) is 5.19. The molecule has 1 aromatic heterocycles. The SMILES string of the molecule is O=C([C@@H](Cc1ccccc1)n1cccc1)N1CCCN(S(=O)(=O)N2CCCCC2)CC1. The molecule has 0 aliphatic carbocycles. The molecule has 168 valence electrons. The quantitative estimate of drug-likeness (QED) is 0.688. The van der Waals surface area contributed by atoms with E-state index in [1.54, 1.807) is 8.61 Å². The van der Waals surface area contributed by atoms with Crippen molar-refractivity contribution in [3.8, 4) is 0 Å². The topological polar surface area (TPSA) is 65.9 Å². The van der Waals surface area contributed by atoms with Crippen molar-refractivity contribution in [1.29, 1.82) is 0 Å². The lowest BCUT2D eigenvalue weighted by atomic mass is 10.0. The zero-order valence-corrected chi connectivity index (χ0v) is 18.8. The van der Waals surface area contributed by atoms with Crippen LogP contribution in [0.2, 0.25) is 0 Å². The van der Waals surface area contributed by atoms with Crippen LogP contribution in [0.3, 0.4) is 0 Å². The summed E-state index contributed by atoms with van der Waals surface area (Å²) in [5.74, 6) is 0.0530. The van der Waals surface area contributed by atoms with Gasteiger partial charge in [0.25, 0.3) is 10.2 Å². The van der Waals surface area contributed by atoms with Crippen molar-refractivity contribution < 1.29 is 13.2 Å². The molecular weight excluding hydrogens is 412 g/mol. The minimum atomic E-state index is -3.45. The summed E-state index contributed by atoms with van der Waals surface area (Å²) in [5, 5.41) is 0. The van der Waals surface area contributed by atoms with Crippen molar-refractivity contribution in [2.24, 2.45) is 0 Å². The second-order valence-corrected chi connectivity index (χ2v) is 10.3. The van der Waals surface area contributed by atoms with E-state index in [1.807, 2.05) is 64.3 Å². The number of aromatic nitrogens is 1. The standard InChI is InChI=1S/C23H32N4O3S/c28-23(22(24-12-7-8-13-24)20-21-10-3-1-4-11-21)25-14-9-17-27(19-18-25)31(29,30)26-15-5-2-6-16-26/h1,3-4,7-8,10-13,22H,2,5-6,9,14-20H2/t22-/m1/s1. The van der Waals surface area contributed by atoms with E-state index in [1.165, 1.54) is 0 Å². The summed E-state index contributed by atoms with van der Waals surface area (Å²) in [4.78, 5) is 15.4. The fraction of sp³-hybridized carbons (Fsp3) is 0.522. The number of carbonyl (C=O) groups is 1. The lowest BCUT2D eigenvalue weighted by Gasteiger charge is -2.31. The molecule has 3 heterocycles. The Hall–Kier alpha value is -2.16. The van der Waals surface area contributed by atoms with Crippen LogP contribution in [0, 0.1) is 0 Å². The number of nitrogens with zero attached hydrogens (tertiary/aromatic N) is 4. The van der Waals surface area contributed by atoms with Gasteiger partial charge in [0.1, 0.15) is 6.04 Å². The van der Waals surface area contributed by atoms with Crippen LogP contribution < -0.4 is 0 Å². The van der Waals surface area contributed by atoms with E-state index >= 15 is 0 Å². The molecule has 2 aliphatic heterocycles. The minimum absolute atomic E-state index is 0.0530. The predicted molar refractivity (Wildman–Crippen MR) is 121 cm³/mol. The van der Waals surface area contributed by atoms with Gasteiger partial charge in [-0.15, -0.1) is 0 Å². The molecule has 0 saturated carbocycles. The van der Waals surface area contributed by atoms with Crippen molar-refractivity contribution in [2.75, 3.05) is 39.3 Å². The lowest BCUT2D eigenvalue weighted by Crippen LogP contribution is -2.47. The van der Waals surface area contributed by atoms with Gasteiger partial charge < -0.3 is 9.47 Å². The largest absolute Gasteiger partial charge is 0.342 e. The highest BCUT2D eigenvalue weighted by molar-refractivity contribution is 7.86. The first-order valence-corrected chi connectivity index (χ1v) is 12.7. The Bertz CT molecular complexity index is 940. The highest BCUT2D eigenvalue weighted by Gasteiger charge is 2.34. The molecule has 2 fully saturated rings. The summed E-state index contributed by atoms with van der Waals surface area (Å²) in [6.07, 6.45) is 8.07. The van der Waals surface area contributed by atoms with Gasteiger partial charge in [0.2, 0.25) is 5.91 Å². The Labute approximate surface area is 185 Å². The average Bonchev–Trinajstić information content (AvgIpc) is 3.21. The second-order valence-electron chi connectivity index (χ2n) is 8.38. The van der Waals surface area contributed by atoms with Crippen molar-refractivity contribution >= 4 is 16.1 Å². The van der Waals surface area contributed by atoms with Gasteiger partial charge in [0.15, 0.2) is 0 Å². The molecule has 1 aromatic carbocycles. The van der Waals surface area contributed by atoms with Crippen LogP contribution in [0.5, 0.6) is 0 Å². The summed E-state index contributed by atoms with van der Waals surface area (Å²) in [7, 11) is -3.45. The molecule has 2 saturated heterocycles. The maximum Gasteiger partial charge on any atom is 0.282 e. The van der Waals surface area contributed by atoms with E-state index < -0.39 is 10.2 Å². The first kappa shape index (κ1) is 22.0. The first-order chi connectivity index (χ1) is 15.1. The first-order valence-electron chi connectivity index (χ1n) is 11.3. The van der Waals surface area contributed by atoms with Gasteiger partial charge in [0.05, 0.1) is 0 Å². The number of hydrogen-bond acceptors (Lipinski definition) is 3. The molecule has 0 unspecified atom stereocenters. The maximum atomic E-state index is 13.5. The van der Waals surface area contributed by atoms with Crippen LogP contribution in [0.1, 0.15) is 37.3 Å². The van der Waals surface area contributed by atoms with Crippen molar-refractivity contribution in [1.82, 2.24) is 18.1 Å².